The van der Waals surface area contributed by atoms with E-state index in [-0.39, 0.29) is 17.8 Å². The van der Waals surface area contributed by atoms with Gasteiger partial charge in [-0.15, -0.1) is 0 Å². The van der Waals surface area contributed by atoms with Crippen molar-refractivity contribution in [1.29, 1.82) is 0 Å². The molecule has 0 aliphatic carbocycles. The fraction of sp³-hybridized carbons (Fsp3) is 0.0588. The van der Waals surface area contributed by atoms with Crippen molar-refractivity contribution in [2.75, 3.05) is 7.05 Å². The molecule has 0 bridgehead atoms. The van der Waals surface area contributed by atoms with Crippen LogP contribution in [0.4, 0.5) is 11.5 Å². The number of nitrogens with one attached hydrogen (secondary N) is 2. The van der Waals surface area contributed by atoms with E-state index in [4.69, 9.17) is 0 Å². The SMILES string of the molecule is C[NH+](c1ccccc1)c1cc(=O)c(-c2ccccc2)n[nH]1.[Cl-]. The Kier molecular flexibility index (Phi) is 5.09. The van der Waals surface area contributed by atoms with Gasteiger partial charge in [0.05, 0.1) is 13.1 Å². The average Bonchev–Trinajstić information content (AvgIpc) is 2.55. The number of halogens is 1. The van der Waals surface area contributed by atoms with Crippen molar-refractivity contribution < 1.29 is 17.3 Å². The van der Waals surface area contributed by atoms with Gasteiger partial charge >= 0.3 is 0 Å². The molecule has 5 heteroatoms. The molecule has 0 amide bonds. The third-order valence-electron chi connectivity index (χ3n) is 3.46. The Bertz CT molecular complexity index is 788. The molecule has 3 aromatic rings. The Balaban J connectivity index is 0.00000176. The van der Waals surface area contributed by atoms with E-state index in [1.54, 1.807) is 6.07 Å². The van der Waals surface area contributed by atoms with E-state index in [1.165, 1.54) is 0 Å². The second-order valence-electron chi connectivity index (χ2n) is 4.85. The maximum Gasteiger partial charge on any atom is 0.229 e. The summed E-state index contributed by atoms with van der Waals surface area (Å²) in [5.41, 5.74) is 2.26. The molecule has 1 atom stereocenters. The number of para-hydroxylation sites is 1. The molecule has 0 spiro atoms. The van der Waals surface area contributed by atoms with Crippen LogP contribution in [0.1, 0.15) is 0 Å². The number of hydrogen-bond donors (Lipinski definition) is 2. The van der Waals surface area contributed by atoms with Gasteiger partial charge in [0.2, 0.25) is 11.2 Å². The maximum absolute atomic E-state index is 12.3. The highest BCUT2D eigenvalue weighted by molar-refractivity contribution is 5.58. The van der Waals surface area contributed by atoms with Crippen molar-refractivity contribution in [3.05, 3.63) is 77.0 Å². The Morgan fingerprint density at radius 3 is 2.14 bits per heavy atom. The predicted octanol–water partition coefficient (Wildman–Crippen LogP) is -1.08. The van der Waals surface area contributed by atoms with Crippen LogP contribution in [0.2, 0.25) is 0 Å². The highest BCUT2D eigenvalue weighted by Gasteiger charge is 2.13. The summed E-state index contributed by atoms with van der Waals surface area (Å²) >= 11 is 0. The molecule has 0 saturated heterocycles. The zero-order valence-electron chi connectivity index (χ0n) is 12.1. The third kappa shape index (κ3) is 3.24. The van der Waals surface area contributed by atoms with Gasteiger partial charge in [0, 0.05) is 5.56 Å². The van der Waals surface area contributed by atoms with Crippen LogP contribution in [0, 0.1) is 0 Å². The van der Waals surface area contributed by atoms with Crippen molar-refractivity contribution in [1.82, 2.24) is 10.2 Å². The van der Waals surface area contributed by atoms with Crippen LogP contribution in [0.15, 0.2) is 71.5 Å². The number of aromatic nitrogens is 2. The fourth-order valence-corrected chi connectivity index (χ4v) is 2.24. The summed E-state index contributed by atoms with van der Waals surface area (Å²) in [6.45, 7) is 0. The van der Waals surface area contributed by atoms with E-state index in [2.05, 4.69) is 10.2 Å². The van der Waals surface area contributed by atoms with Gasteiger partial charge < -0.3 is 12.4 Å². The third-order valence-corrected chi connectivity index (χ3v) is 3.46. The van der Waals surface area contributed by atoms with E-state index >= 15 is 0 Å². The Labute approximate surface area is 134 Å². The zero-order chi connectivity index (χ0) is 14.7. The molecule has 0 aliphatic heterocycles. The van der Waals surface area contributed by atoms with Crippen LogP contribution >= 0.6 is 0 Å². The molecular formula is C17H16ClN3O. The number of benzene rings is 2. The first-order valence-electron chi connectivity index (χ1n) is 6.80. The largest absolute Gasteiger partial charge is 1.00 e. The van der Waals surface area contributed by atoms with Gasteiger partial charge in [0.15, 0.2) is 0 Å². The van der Waals surface area contributed by atoms with Crippen molar-refractivity contribution in [3.8, 4) is 11.3 Å². The van der Waals surface area contributed by atoms with Gasteiger partial charge in [-0.2, -0.15) is 5.10 Å². The number of hydrogen-bond acceptors (Lipinski definition) is 2. The van der Waals surface area contributed by atoms with Gasteiger partial charge in [0.25, 0.3) is 0 Å². The molecule has 4 nitrogen and oxygen atoms in total. The van der Waals surface area contributed by atoms with Crippen LogP contribution in [0.5, 0.6) is 0 Å². The highest BCUT2D eigenvalue weighted by Crippen LogP contribution is 2.11. The fourth-order valence-electron chi connectivity index (χ4n) is 2.24. The molecule has 0 radical (unpaired) electrons. The quantitative estimate of drug-likeness (QED) is 0.646. The molecule has 1 unspecified atom stereocenters. The minimum atomic E-state index is -0.0785. The zero-order valence-corrected chi connectivity index (χ0v) is 12.8. The minimum Gasteiger partial charge on any atom is -1.00 e. The summed E-state index contributed by atoms with van der Waals surface area (Å²) in [5, 5.41) is 7.22. The van der Waals surface area contributed by atoms with Crippen molar-refractivity contribution >= 4 is 11.5 Å². The molecule has 1 aromatic heterocycles. The first-order chi connectivity index (χ1) is 10.3. The van der Waals surface area contributed by atoms with E-state index in [0.29, 0.717) is 5.69 Å². The predicted molar refractivity (Wildman–Crippen MR) is 82.9 cm³/mol. The van der Waals surface area contributed by atoms with Crippen LogP contribution in [-0.2, 0) is 0 Å². The molecule has 3 rings (SSSR count). The number of H-pyrrole nitrogens is 1. The monoisotopic (exact) mass is 313 g/mol. The van der Waals surface area contributed by atoms with E-state index < -0.39 is 0 Å². The topological polar surface area (TPSA) is 50.2 Å². The number of rotatable bonds is 3. The molecule has 1 heterocycles. The molecule has 22 heavy (non-hydrogen) atoms. The minimum absolute atomic E-state index is 0. The smallest absolute Gasteiger partial charge is 0.229 e. The highest BCUT2D eigenvalue weighted by atomic mass is 35.5. The van der Waals surface area contributed by atoms with Crippen LogP contribution in [0.25, 0.3) is 11.3 Å². The summed E-state index contributed by atoms with van der Waals surface area (Å²) < 4.78 is 0. The Morgan fingerprint density at radius 2 is 1.55 bits per heavy atom. The second-order valence-corrected chi connectivity index (χ2v) is 4.85. The normalized spacial score (nSPS) is 11.5. The van der Waals surface area contributed by atoms with Crippen molar-refractivity contribution in [3.63, 3.8) is 0 Å². The van der Waals surface area contributed by atoms with Crippen molar-refractivity contribution in [2.24, 2.45) is 0 Å². The summed E-state index contributed by atoms with van der Waals surface area (Å²) in [6.07, 6.45) is 0. The molecule has 2 N–H and O–H groups in total. The summed E-state index contributed by atoms with van der Waals surface area (Å²) in [6, 6.07) is 21.0. The molecule has 0 fully saturated rings. The lowest BCUT2D eigenvalue weighted by Gasteiger charge is -2.12. The first kappa shape index (κ1) is 15.9. The standard InChI is InChI=1S/C17H15N3O.ClH/c1-20(14-10-6-3-7-11-14)16-12-15(21)17(19-18-16)13-8-4-2-5-9-13;/h2-12H,1H3,(H,18,21);1H. The molecule has 2 aromatic carbocycles. The lowest BCUT2D eigenvalue weighted by atomic mass is 10.1. The van der Waals surface area contributed by atoms with Crippen LogP contribution in [-0.4, -0.2) is 17.2 Å². The van der Waals surface area contributed by atoms with Gasteiger partial charge in [-0.25, -0.2) is 5.10 Å². The Morgan fingerprint density at radius 1 is 0.955 bits per heavy atom. The van der Waals surface area contributed by atoms with E-state index in [0.717, 1.165) is 22.0 Å². The van der Waals surface area contributed by atoms with Gasteiger partial charge in [0.1, 0.15) is 11.4 Å². The lowest BCUT2D eigenvalue weighted by molar-refractivity contribution is -0.738. The van der Waals surface area contributed by atoms with E-state index in [1.807, 2.05) is 67.7 Å². The number of quaternary nitrogens is 1. The molecular weight excluding hydrogens is 298 g/mol. The maximum atomic E-state index is 12.3. The van der Waals surface area contributed by atoms with Crippen LogP contribution < -0.4 is 22.7 Å². The summed E-state index contributed by atoms with van der Waals surface area (Å²) in [7, 11) is 1.98. The number of aromatic amines is 1. The second kappa shape index (κ2) is 7.02. The first-order valence-corrected chi connectivity index (χ1v) is 6.80. The number of nitrogens with zero attached hydrogens (tertiary/aromatic N) is 1. The lowest BCUT2D eigenvalue weighted by Crippen LogP contribution is -3.00. The van der Waals surface area contributed by atoms with Gasteiger partial charge in [-0.1, -0.05) is 48.5 Å². The molecule has 112 valence electrons. The van der Waals surface area contributed by atoms with Crippen molar-refractivity contribution in [2.45, 2.75) is 0 Å². The van der Waals surface area contributed by atoms with Gasteiger partial charge in [-0.05, 0) is 12.1 Å². The summed E-state index contributed by atoms with van der Waals surface area (Å²) in [4.78, 5) is 13.3. The van der Waals surface area contributed by atoms with E-state index in [9.17, 15) is 4.79 Å². The molecule has 0 saturated carbocycles. The van der Waals surface area contributed by atoms with Crippen LogP contribution in [0.3, 0.4) is 0 Å². The van der Waals surface area contributed by atoms with Gasteiger partial charge in [-0.3, -0.25) is 9.69 Å². The summed E-state index contributed by atoms with van der Waals surface area (Å²) in [5.74, 6) is 0.742. The molecule has 0 aliphatic rings. The average molecular weight is 314 g/mol. The Hall–Kier alpha value is -2.43.